The van der Waals surface area contributed by atoms with Gasteiger partial charge in [0, 0.05) is 4.47 Å². The van der Waals surface area contributed by atoms with Gasteiger partial charge in [-0.25, -0.2) is 4.90 Å². The summed E-state index contributed by atoms with van der Waals surface area (Å²) < 4.78 is 0.939. The van der Waals surface area contributed by atoms with E-state index in [0.717, 1.165) is 30.7 Å². The van der Waals surface area contributed by atoms with Gasteiger partial charge in [-0.3, -0.25) is 9.59 Å². The zero-order chi connectivity index (χ0) is 15.0. The van der Waals surface area contributed by atoms with Gasteiger partial charge in [0.1, 0.15) is 26.2 Å². The summed E-state index contributed by atoms with van der Waals surface area (Å²) in [5.41, 5.74) is 0.676. The Kier molecular flexibility index (Phi) is 4.10. The van der Waals surface area contributed by atoms with E-state index in [4.69, 9.17) is 0 Å². The molecule has 2 N–H and O–H groups in total. The average molecular weight is 354 g/mol. The Morgan fingerprint density at radius 2 is 1.71 bits per heavy atom. The van der Waals surface area contributed by atoms with Crippen molar-refractivity contribution in [3.8, 4) is 0 Å². The number of quaternary nitrogens is 2. The Labute approximate surface area is 132 Å². The monoisotopic (exact) mass is 353 g/mol. The molecule has 0 aliphatic carbocycles. The predicted octanol–water partition coefficient (Wildman–Crippen LogP) is -1.51. The number of piperazine rings is 1. The van der Waals surface area contributed by atoms with Gasteiger partial charge in [0.15, 0.2) is 6.04 Å². The summed E-state index contributed by atoms with van der Waals surface area (Å²) in [5.74, 6) is -0.122. The van der Waals surface area contributed by atoms with E-state index in [1.165, 1.54) is 14.7 Å². The van der Waals surface area contributed by atoms with E-state index in [9.17, 15) is 9.59 Å². The molecule has 21 heavy (non-hydrogen) atoms. The fourth-order valence-electron chi connectivity index (χ4n) is 3.16. The number of carbonyl (C=O) groups excluding carboxylic acids is 2. The molecule has 0 spiro atoms. The van der Waals surface area contributed by atoms with Gasteiger partial charge in [-0.05, 0) is 24.3 Å². The molecule has 2 saturated heterocycles. The van der Waals surface area contributed by atoms with Gasteiger partial charge < -0.3 is 9.80 Å². The summed E-state index contributed by atoms with van der Waals surface area (Å²) in [5, 5.41) is 0. The van der Waals surface area contributed by atoms with Crippen LogP contribution in [0.1, 0.15) is 6.42 Å². The van der Waals surface area contributed by atoms with Crippen molar-refractivity contribution >= 4 is 33.4 Å². The van der Waals surface area contributed by atoms with Gasteiger partial charge in [0.25, 0.3) is 5.91 Å². The first-order valence-electron chi connectivity index (χ1n) is 7.34. The van der Waals surface area contributed by atoms with Gasteiger partial charge in [-0.2, -0.15) is 0 Å². The van der Waals surface area contributed by atoms with Crippen molar-refractivity contribution < 1.29 is 19.4 Å². The normalized spacial score (nSPS) is 30.0. The summed E-state index contributed by atoms with van der Waals surface area (Å²) in [6.07, 6.45) is 0.337. The number of halogens is 1. The van der Waals surface area contributed by atoms with Crippen molar-refractivity contribution in [1.29, 1.82) is 0 Å². The van der Waals surface area contributed by atoms with Gasteiger partial charge in [-0.1, -0.05) is 15.9 Å². The van der Waals surface area contributed by atoms with Crippen LogP contribution in [0.2, 0.25) is 0 Å². The van der Waals surface area contributed by atoms with Gasteiger partial charge >= 0.3 is 0 Å². The van der Waals surface area contributed by atoms with Crippen LogP contribution in [0.5, 0.6) is 0 Å². The lowest BCUT2D eigenvalue weighted by molar-refractivity contribution is -1.01. The number of nitrogens with zero attached hydrogens (tertiary/aromatic N) is 1. The number of rotatable bonds is 2. The van der Waals surface area contributed by atoms with E-state index in [2.05, 4.69) is 23.0 Å². The smallest absolute Gasteiger partial charge is 0.292 e. The Morgan fingerprint density at radius 1 is 1.10 bits per heavy atom. The lowest BCUT2D eigenvalue weighted by Crippen LogP contribution is -3.29. The van der Waals surface area contributed by atoms with Crippen LogP contribution in [0.3, 0.4) is 0 Å². The second-order valence-electron chi connectivity index (χ2n) is 5.92. The second kappa shape index (κ2) is 5.87. The number of likely N-dealkylation sites (N-methyl/N-ethyl adjacent to an activating group) is 1. The van der Waals surface area contributed by atoms with E-state index in [1.807, 2.05) is 24.3 Å². The largest absolute Gasteiger partial charge is 0.328 e. The zero-order valence-electron chi connectivity index (χ0n) is 12.1. The predicted molar refractivity (Wildman–Crippen MR) is 82.4 cm³/mol. The van der Waals surface area contributed by atoms with Crippen molar-refractivity contribution in [2.75, 3.05) is 38.1 Å². The Balaban J connectivity index is 1.77. The van der Waals surface area contributed by atoms with E-state index in [0.29, 0.717) is 12.1 Å². The minimum atomic E-state index is -0.200. The lowest BCUT2D eigenvalue weighted by Gasteiger charge is -2.30. The van der Waals surface area contributed by atoms with Crippen molar-refractivity contribution in [2.45, 2.75) is 12.5 Å². The maximum absolute atomic E-state index is 12.6. The number of carbonyl (C=O) groups is 2. The number of nitrogens with one attached hydrogen (secondary N) is 2. The average Bonchev–Trinajstić information content (AvgIpc) is 2.76. The van der Waals surface area contributed by atoms with Crippen LogP contribution < -0.4 is 14.7 Å². The van der Waals surface area contributed by atoms with Crippen LogP contribution in [-0.4, -0.2) is 51.1 Å². The molecule has 2 heterocycles. The molecule has 0 bridgehead atoms. The quantitative estimate of drug-likeness (QED) is 0.635. The maximum Gasteiger partial charge on any atom is 0.292 e. The van der Waals surface area contributed by atoms with Crippen LogP contribution in [0, 0.1) is 0 Å². The molecule has 2 aliphatic rings. The standard InChI is InChI=1S/C15H18BrN3O2/c1-17-6-8-18(9-7-17)13-10-14(20)19(15(13)21)12-4-2-11(16)3-5-12/h2-5,13H,6-10H2,1H3/p+2/t13-/m0/s1. The summed E-state index contributed by atoms with van der Waals surface area (Å²) in [6, 6.07) is 7.14. The van der Waals surface area contributed by atoms with Crippen LogP contribution in [0.25, 0.3) is 0 Å². The van der Waals surface area contributed by atoms with E-state index >= 15 is 0 Å². The van der Waals surface area contributed by atoms with E-state index in [-0.39, 0.29) is 17.9 Å². The number of hydrogen-bond donors (Lipinski definition) is 2. The van der Waals surface area contributed by atoms with Crippen molar-refractivity contribution in [3.63, 3.8) is 0 Å². The molecule has 2 amide bonds. The fourth-order valence-corrected chi connectivity index (χ4v) is 3.42. The number of amides is 2. The number of anilines is 1. The molecule has 1 aromatic carbocycles. The summed E-state index contributed by atoms with van der Waals surface area (Å²) in [6.45, 7) is 4.05. The van der Waals surface area contributed by atoms with Crippen molar-refractivity contribution in [1.82, 2.24) is 0 Å². The molecule has 2 aliphatic heterocycles. The fraction of sp³-hybridized carbons (Fsp3) is 0.467. The molecule has 2 fully saturated rings. The molecule has 5 nitrogen and oxygen atoms in total. The van der Waals surface area contributed by atoms with Crippen molar-refractivity contribution in [3.05, 3.63) is 28.7 Å². The van der Waals surface area contributed by atoms with Gasteiger partial charge in [0.05, 0.1) is 19.2 Å². The van der Waals surface area contributed by atoms with Crippen LogP contribution in [0.15, 0.2) is 28.7 Å². The van der Waals surface area contributed by atoms with Gasteiger partial charge in [-0.15, -0.1) is 0 Å². The third-order valence-electron chi connectivity index (χ3n) is 4.47. The molecule has 1 atom stereocenters. The van der Waals surface area contributed by atoms with E-state index < -0.39 is 0 Å². The minimum absolute atomic E-state index is 0.0446. The summed E-state index contributed by atoms with van der Waals surface area (Å²) >= 11 is 3.37. The Bertz CT molecular complexity index is 553. The molecule has 0 saturated carbocycles. The lowest BCUT2D eigenvalue weighted by atomic mass is 10.2. The second-order valence-corrected chi connectivity index (χ2v) is 6.83. The third kappa shape index (κ3) is 2.88. The molecular formula is C15H20BrN3O2+2. The van der Waals surface area contributed by atoms with Crippen LogP contribution in [0.4, 0.5) is 5.69 Å². The topological polar surface area (TPSA) is 46.3 Å². The summed E-state index contributed by atoms with van der Waals surface area (Å²) in [7, 11) is 2.17. The Morgan fingerprint density at radius 3 is 2.33 bits per heavy atom. The molecule has 0 unspecified atom stereocenters. The highest BCUT2D eigenvalue weighted by Crippen LogP contribution is 2.23. The highest BCUT2D eigenvalue weighted by atomic mass is 79.9. The summed E-state index contributed by atoms with van der Waals surface area (Å²) in [4.78, 5) is 29.0. The molecular weight excluding hydrogens is 334 g/mol. The molecule has 3 rings (SSSR count). The highest BCUT2D eigenvalue weighted by molar-refractivity contribution is 9.10. The first-order chi connectivity index (χ1) is 10.1. The highest BCUT2D eigenvalue weighted by Gasteiger charge is 2.46. The molecule has 112 valence electrons. The minimum Gasteiger partial charge on any atom is -0.328 e. The molecule has 1 aromatic rings. The third-order valence-corrected chi connectivity index (χ3v) is 5.00. The maximum atomic E-state index is 12.6. The van der Waals surface area contributed by atoms with E-state index in [1.54, 1.807) is 0 Å². The first kappa shape index (κ1) is 14.7. The molecule has 6 heteroatoms. The first-order valence-corrected chi connectivity index (χ1v) is 8.14. The zero-order valence-corrected chi connectivity index (χ0v) is 13.6. The van der Waals surface area contributed by atoms with Gasteiger partial charge in [0.2, 0.25) is 5.91 Å². The Hall–Kier alpha value is -1.24. The number of hydrogen-bond acceptors (Lipinski definition) is 2. The number of benzene rings is 1. The number of imide groups is 1. The van der Waals surface area contributed by atoms with Crippen LogP contribution in [-0.2, 0) is 9.59 Å². The van der Waals surface area contributed by atoms with Crippen LogP contribution >= 0.6 is 15.9 Å². The SMILES string of the molecule is C[NH+]1CC[NH+]([C@H]2CC(=O)N(c3ccc(Br)cc3)C2=O)CC1. The molecule has 0 aromatic heterocycles. The molecule has 0 radical (unpaired) electrons. The van der Waals surface area contributed by atoms with Crippen molar-refractivity contribution in [2.24, 2.45) is 0 Å².